The second-order valence-corrected chi connectivity index (χ2v) is 3.63. The lowest BCUT2D eigenvalue weighted by molar-refractivity contribution is -0.141. The fourth-order valence-electron chi connectivity index (χ4n) is 1.34. The van der Waals surface area contributed by atoms with Crippen molar-refractivity contribution in [3.63, 3.8) is 0 Å². The average Bonchev–Trinajstić information content (AvgIpc) is 2.28. The normalized spacial score (nSPS) is 11.9. The molecule has 0 saturated heterocycles. The third-order valence-electron chi connectivity index (χ3n) is 2.34. The Kier molecular flexibility index (Phi) is 4.05. The highest BCUT2D eigenvalue weighted by atomic mass is 16.5. The van der Waals surface area contributed by atoms with Crippen LogP contribution in [0.4, 0.5) is 0 Å². The van der Waals surface area contributed by atoms with Gasteiger partial charge in [0.2, 0.25) is 0 Å². The summed E-state index contributed by atoms with van der Waals surface area (Å²) in [6, 6.07) is 6.75. The first-order valence-corrected chi connectivity index (χ1v) is 4.94. The zero-order valence-electron chi connectivity index (χ0n) is 9.27. The van der Waals surface area contributed by atoms with Crippen molar-refractivity contribution in [2.24, 2.45) is 5.92 Å². The van der Waals surface area contributed by atoms with Gasteiger partial charge in [-0.25, -0.2) is 4.79 Å². The van der Waals surface area contributed by atoms with E-state index in [2.05, 4.69) is 4.74 Å². The van der Waals surface area contributed by atoms with Gasteiger partial charge in [-0.3, -0.25) is 4.79 Å². The summed E-state index contributed by atoms with van der Waals surface area (Å²) in [5, 5.41) is 8.75. The third-order valence-corrected chi connectivity index (χ3v) is 2.34. The van der Waals surface area contributed by atoms with Crippen LogP contribution in [0.25, 0.3) is 0 Å². The summed E-state index contributed by atoms with van der Waals surface area (Å²) < 4.78 is 4.56. The van der Waals surface area contributed by atoms with E-state index in [0.29, 0.717) is 12.0 Å². The van der Waals surface area contributed by atoms with Gasteiger partial charge < -0.3 is 9.84 Å². The summed E-state index contributed by atoms with van der Waals surface area (Å²) >= 11 is 0. The maximum Gasteiger partial charge on any atom is 0.337 e. The molecule has 0 radical (unpaired) electrons. The van der Waals surface area contributed by atoms with Crippen molar-refractivity contribution in [2.45, 2.75) is 13.3 Å². The van der Waals surface area contributed by atoms with Crippen LogP contribution in [-0.2, 0) is 16.0 Å². The lowest BCUT2D eigenvalue weighted by Crippen LogP contribution is -2.12. The van der Waals surface area contributed by atoms with Crippen molar-refractivity contribution in [3.8, 4) is 0 Å². The van der Waals surface area contributed by atoms with E-state index < -0.39 is 17.9 Å². The van der Waals surface area contributed by atoms with E-state index in [1.54, 1.807) is 31.2 Å². The van der Waals surface area contributed by atoms with Gasteiger partial charge in [0.15, 0.2) is 0 Å². The Morgan fingerprint density at radius 3 is 2.31 bits per heavy atom. The van der Waals surface area contributed by atoms with Gasteiger partial charge >= 0.3 is 11.9 Å². The van der Waals surface area contributed by atoms with Crippen LogP contribution in [0.2, 0.25) is 0 Å². The van der Waals surface area contributed by atoms with E-state index >= 15 is 0 Å². The molecule has 0 aliphatic rings. The molecule has 4 heteroatoms. The maximum atomic E-state index is 11.1. The molecule has 1 atom stereocenters. The number of carbonyl (C=O) groups is 2. The summed E-state index contributed by atoms with van der Waals surface area (Å²) in [6.45, 7) is 1.65. The summed E-state index contributed by atoms with van der Waals surface area (Å²) in [6.07, 6.45) is 0.455. The van der Waals surface area contributed by atoms with Crippen LogP contribution in [-0.4, -0.2) is 24.2 Å². The lowest BCUT2D eigenvalue weighted by Gasteiger charge is -2.06. The topological polar surface area (TPSA) is 63.6 Å². The number of hydrogen-bond acceptors (Lipinski definition) is 3. The van der Waals surface area contributed by atoms with E-state index in [9.17, 15) is 9.59 Å². The summed E-state index contributed by atoms with van der Waals surface area (Å²) in [7, 11) is 1.32. The molecule has 1 aromatic carbocycles. The minimum atomic E-state index is -0.822. The Balaban J connectivity index is 2.72. The van der Waals surface area contributed by atoms with Crippen LogP contribution in [0.1, 0.15) is 22.8 Å². The quantitative estimate of drug-likeness (QED) is 0.788. The Morgan fingerprint density at radius 1 is 1.31 bits per heavy atom. The zero-order chi connectivity index (χ0) is 12.1. The van der Waals surface area contributed by atoms with Crippen molar-refractivity contribution in [3.05, 3.63) is 35.4 Å². The third kappa shape index (κ3) is 3.08. The number of hydrogen-bond donors (Lipinski definition) is 1. The number of carboxylic acids is 1. The fraction of sp³-hybridized carbons (Fsp3) is 0.333. The summed E-state index contributed by atoms with van der Waals surface area (Å²) in [4.78, 5) is 21.8. The van der Waals surface area contributed by atoms with Crippen LogP contribution < -0.4 is 0 Å². The number of carboxylic acid groups (broad SMARTS) is 1. The molecule has 0 aliphatic carbocycles. The van der Waals surface area contributed by atoms with Gasteiger partial charge in [0.25, 0.3) is 0 Å². The van der Waals surface area contributed by atoms with E-state index in [0.717, 1.165) is 5.56 Å². The molecule has 86 valence electrons. The molecule has 1 rings (SSSR count). The Bertz CT molecular complexity index is 381. The molecular formula is C12H14O4. The number of aliphatic carboxylic acids is 1. The van der Waals surface area contributed by atoms with E-state index in [1.807, 2.05) is 0 Å². The van der Waals surface area contributed by atoms with Crippen molar-refractivity contribution in [1.82, 2.24) is 0 Å². The van der Waals surface area contributed by atoms with E-state index in [1.165, 1.54) is 7.11 Å². The Hall–Kier alpha value is -1.84. The zero-order valence-corrected chi connectivity index (χ0v) is 9.27. The molecule has 0 fully saturated rings. The summed E-state index contributed by atoms with van der Waals surface area (Å²) in [5.74, 6) is -1.64. The number of benzene rings is 1. The average molecular weight is 222 g/mol. The Labute approximate surface area is 93.9 Å². The number of esters is 1. The number of ether oxygens (including phenoxy) is 1. The van der Waals surface area contributed by atoms with Gasteiger partial charge in [-0.2, -0.15) is 0 Å². The Morgan fingerprint density at radius 2 is 1.88 bits per heavy atom. The van der Waals surface area contributed by atoms with Crippen LogP contribution in [0.3, 0.4) is 0 Å². The molecule has 4 nitrogen and oxygen atoms in total. The van der Waals surface area contributed by atoms with Crippen LogP contribution in [0, 0.1) is 5.92 Å². The van der Waals surface area contributed by atoms with Crippen LogP contribution >= 0.6 is 0 Å². The molecule has 0 aromatic heterocycles. The van der Waals surface area contributed by atoms with Crippen molar-refractivity contribution in [1.29, 1.82) is 0 Å². The van der Waals surface area contributed by atoms with Gasteiger partial charge in [-0.1, -0.05) is 19.1 Å². The van der Waals surface area contributed by atoms with Crippen molar-refractivity contribution in [2.75, 3.05) is 7.11 Å². The molecule has 1 aromatic rings. The van der Waals surface area contributed by atoms with Gasteiger partial charge in [0.05, 0.1) is 18.6 Å². The fourth-order valence-corrected chi connectivity index (χ4v) is 1.34. The predicted octanol–water partition coefficient (Wildman–Crippen LogP) is 1.74. The van der Waals surface area contributed by atoms with Gasteiger partial charge in [0, 0.05) is 0 Å². The second-order valence-electron chi connectivity index (χ2n) is 3.63. The van der Waals surface area contributed by atoms with Gasteiger partial charge in [-0.15, -0.1) is 0 Å². The van der Waals surface area contributed by atoms with Gasteiger partial charge in [-0.05, 0) is 24.1 Å². The number of methoxy groups -OCH3 is 1. The van der Waals surface area contributed by atoms with E-state index in [4.69, 9.17) is 5.11 Å². The minimum Gasteiger partial charge on any atom is -0.481 e. The highest BCUT2D eigenvalue weighted by Gasteiger charge is 2.12. The molecule has 0 bridgehead atoms. The molecule has 0 heterocycles. The highest BCUT2D eigenvalue weighted by Crippen LogP contribution is 2.11. The SMILES string of the molecule is COC(=O)c1ccc(CC(C)C(=O)O)cc1. The molecule has 1 unspecified atom stereocenters. The first-order chi connectivity index (χ1) is 7.54. The van der Waals surface area contributed by atoms with Crippen LogP contribution in [0.5, 0.6) is 0 Å². The summed E-state index contributed by atoms with van der Waals surface area (Å²) in [5.41, 5.74) is 1.36. The lowest BCUT2D eigenvalue weighted by atomic mass is 10.0. The van der Waals surface area contributed by atoms with Crippen molar-refractivity contribution >= 4 is 11.9 Å². The molecule has 0 spiro atoms. The first kappa shape index (κ1) is 12.2. The first-order valence-electron chi connectivity index (χ1n) is 4.94. The second kappa shape index (κ2) is 5.30. The molecule has 16 heavy (non-hydrogen) atoms. The molecule has 0 saturated carbocycles. The predicted molar refractivity (Wildman–Crippen MR) is 58.3 cm³/mol. The minimum absolute atomic E-state index is 0.391. The largest absolute Gasteiger partial charge is 0.481 e. The smallest absolute Gasteiger partial charge is 0.337 e. The highest BCUT2D eigenvalue weighted by molar-refractivity contribution is 5.89. The molecule has 0 amide bonds. The molecule has 0 aliphatic heterocycles. The number of carbonyl (C=O) groups excluding carboxylic acids is 1. The van der Waals surface area contributed by atoms with E-state index in [-0.39, 0.29) is 0 Å². The van der Waals surface area contributed by atoms with Crippen LogP contribution in [0.15, 0.2) is 24.3 Å². The maximum absolute atomic E-state index is 11.1. The van der Waals surface area contributed by atoms with Crippen molar-refractivity contribution < 1.29 is 19.4 Å². The van der Waals surface area contributed by atoms with Gasteiger partial charge in [0.1, 0.15) is 0 Å². The monoisotopic (exact) mass is 222 g/mol. The molecule has 1 N–H and O–H groups in total. The standard InChI is InChI=1S/C12H14O4/c1-8(11(13)14)7-9-3-5-10(6-4-9)12(15)16-2/h3-6,8H,7H2,1-2H3,(H,13,14). The number of rotatable bonds is 4. The molecular weight excluding hydrogens is 208 g/mol.